The van der Waals surface area contributed by atoms with E-state index in [2.05, 4.69) is 0 Å². The van der Waals surface area contributed by atoms with Crippen LogP contribution >= 0.6 is 11.6 Å². The first-order chi connectivity index (χ1) is 9.72. The fourth-order valence-electron chi connectivity index (χ4n) is 2.22. The number of aromatic nitrogens is 2. The molecule has 2 aromatic rings. The summed E-state index contributed by atoms with van der Waals surface area (Å²) in [7, 11) is 0. The van der Waals surface area contributed by atoms with Crippen LogP contribution in [0, 0.1) is 0 Å². The highest BCUT2D eigenvalue weighted by molar-refractivity contribution is 6.17. The summed E-state index contributed by atoms with van der Waals surface area (Å²) in [4.78, 5) is 23.5. The van der Waals surface area contributed by atoms with Crippen LogP contribution in [0.25, 0.3) is 0 Å². The number of aryl methyl sites for hydroxylation is 1. The SMILES string of the molecule is O.O=c1ccccn1CCC(CCCl)n1ccccc1=O. The van der Waals surface area contributed by atoms with Crippen molar-refractivity contribution in [1.29, 1.82) is 0 Å². The maximum absolute atomic E-state index is 11.9. The van der Waals surface area contributed by atoms with Gasteiger partial charge in [0.2, 0.25) is 5.56 Å². The van der Waals surface area contributed by atoms with Crippen molar-refractivity contribution in [3.8, 4) is 0 Å². The molecule has 2 heterocycles. The van der Waals surface area contributed by atoms with E-state index in [-0.39, 0.29) is 22.6 Å². The molecule has 0 fully saturated rings. The van der Waals surface area contributed by atoms with Crippen LogP contribution in [0.1, 0.15) is 18.9 Å². The van der Waals surface area contributed by atoms with Crippen LogP contribution in [-0.4, -0.2) is 20.5 Å². The van der Waals surface area contributed by atoms with Crippen LogP contribution in [0.3, 0.4) is 0 Å². The molecule has 0 saturated heterocycles. The molecule has 2 aromatic heterocycles. The second-order valence-corrected chi connectivity index (χ2v) is 4.98. The van der Waals surface area contributed by atoms with Gasteiger partial charge >= 0.3 is 0 Å². The molecule has 5 nitrogen and oxygen atoms in total. The van der Waals surface area contributed by atoms with Crippen molar-refractivity contribution >= 4 is 11.6 Å². The molecule has 0 spiro atoms. The number of alkyl halides is 1. The number of rotatable bonds is 6. The molecular weight excluding hydrogens is 292 g/mol. The van der Waals surface area contributed by atoms with Crippen molar-refractivity contribution in [2.24, 2.45) is 0 Å². The third-order valence-electron chi connectivity index (χ3n) is 3.29. The average molecular weight is 311 g/mol. The summed E-state index contributed by atoms with van der Waals surface area (Å²) >= 11 is 5.83. The molecule has 0 aliphatic heterocycles. The van der Waals surface area contributed by atoms with Gasteiger partial charge in [-0.05, 0) is 25.0 Å². The Morgan fingerprint density at radius 3 is 2.24 bits per heavy atom. The summed E-state index contributed by atoms with van der Waals surface area (Å²) in [5, 5.41) is 0. The third kappa shape index (κ3) is 4.58. The first kappa shape index (κ1) is 17.2. The molecule has 1 atom stereocenters. The van der Waals surface area contributed by atoms with Gasteiger partial charge in [0.05, 0.1) is 0 Å². The maximum Gasteiger partial charge on any atom is 0.250 e. The number of pyridine rings is 2. The summed E-state index contributed by atoms with van der Waals surface area (Å²) in [6, 6.07) is 10.2. The molecule has 0 aliphatic rings. The normalized spacial score (nSPS) is 11.7. The molecule has 6 heteroatoms. The second-order valence-electron chi connectivity index (χ2n) is 4.60. The molecule has 21 heavy (non-hydrogen) atoms. The fraction of sp³-hybridized carbons (Fsp3) is 0.333. The van der Waals surface area contributed by atoms with Crippen LogP contribution in [0.5, 0.6) is 0 Å². The molecule has 114 valence electrons. The number of halogens is 1. The Labute approximate surface area is 127 Å². The first-order valence-electron chi connectivity index (χ1n) is 6.61. The van der Waals surface area contributed by atoms with Crippen LogP contribution in [0.15, 0.2) is 58.4 Å². The minimum Gasteiger partial charge on any atom is -0.412 e. The highest BCUT2D eigenvalue weighted by atomic mass is 35.5. The predicted octanol–water partition coefficient (Wildman–Crippen LogP) is 1.45. The van der Waals surface area contributed by atoms with E-state index in [9.17, 15) is 9.59 Å². The standard InChI is InChI=1S/C15H17ClN2O2.H2O/c16-9-7-13(18-11-4-2-6-15(18)20)8-12-17-10-3-1-5-14(17)19;/h1-6,10-11,13H,7-9,12H2;1H2. The van der Waals surface area contributed by atoms with Gasteiger partial charge in [0.1, 0.15) is 0 Å². The fourth-order valence-corrected chi connectivity index (χ4v) is 2.48. The van der Waals surface area contributed by atoms with Crippen molar-refractivity contribution in [3.05, 3.63) is 69.5 Å². The Bertz CT molecular complexity index is 666. The van der Waals surface area contributed by atoms with Crippen molar-refractivity contribution < 1.29 is 5.48 Å². The lowest BCUT2D eigenvalue weighted by Crippen LogP contribution is -2.26. The lowest BCUT2D eigenvalue weighted by Gasteiger charge is -2.19. The lowest BCUT2D eigenvalue weighted by atomic mass is 10.1. The Hall–Kier alpha value is -1.85. The summed E-state index contributed by atoms with van der Waals surface area (Å²) in [5.74, 6) is 0.482. The second kappa shape index (κ2) is 8.44. The molecule has 2 N–H and O–H groups in total. The zero-order valence-electron chi connectivity index (χ0n) is 11.6. The average Bonchev–Trinajstić information content (AvgIpc) is 2.46. The summed E-state index contributed by atoms with van der Waals surface area (Å²) in [6.45, 7) is 0.572. The molecule has 2 rings (SSSR count). The van der Waals surface area contributed by atoms with Crippen molar-refractivity contribution in [2.45, 2.75) is 25.4 Å². The van der Waals surface area contributed by atoms with E-state index < -0.39 is 0 Å². The van der Waals surface area contributed by atoms with Gasteiger partial charge in [0, 0.05) is 43.0 Å². The molecular formula is C15H19ClN2O3. The van der Waals surface area contributed by atoms with Gasteiger partial charge in [-0.15, -0.1) is 11.6 Å². The van der Waals surface area contributed by atoms with Crippen molar-refractivity contribution in [3.63, 3.8) is 0 Å². The highest BCUT2D eigenvalue weighted by Gasteiger charge is 2.11. The van der Waals surface area contributed by atoms with Gasteiger partial charge in [0.25, 0.3) is 5.56 Å². The van der Waals surface area contributed by atoms with Crippen LogP contribution in [-0.2, 0) is 6.54 Å². The maximum atomic E-state index is 11.9. The number of nitrogens with zero attached hydrogens (tertiary/aromatic N) is 2. The zero-order chi connectivity index (χ0) is 14.4. The van der Waals surface area contributed by atoms with Gasteiger partial charge in [0.15, 0.2) is 0 Å². The zero-order valence-corrected chi connectivity index (χ0v) is 12.4. The van der Waals surface area contributed by atoms with E-state index in [1.807, 2.05) is 12.1 Å². The molecule has 0 aliphatic carbocycles. The Morgan fingerprint density at radius 2 is 1.62 bits per heavy atom. The van der Waals surface area contributed by atoms with Gasteiger partial charge in [-0.1, -0.05) is 12.1 Å². The lowest BCUT2D eigenvalue weighted by molar-refractivity contribution is 0.410. The molecule has 1 unspecified atom stereocenters. The number of hydrogen-bond acceptors (Lipinski definition) is 2. The molecule has 0 radical (unpaired) electrons. The van der Waals surface area contributed by atoms with E-state index >= 15 is 0 Å². The van der Waals surface area contributed by atoms with E-state index in [0.717, 1.165) is 0 Å². The van der Waals surface area contributed by atoms with Crippen molar-refractivity contribution in [1.82, 2.24) is 9.13 Å². The van der Waals surface area contributed by atoms with E-state index in [0.29, 0.717) is 25.3 Å². The van der Waals surface area contributed by atoms with Crippen molar-refractivity contribution in [2.75, 3.05) is 5.88 Å². The summed E-state index contributed by atoms with van der Waals surface area (Å²) < 4.78 is 3.34. The molecule has 0 amide bonds. The van der Waals surface area contributed by atoms with Gasteiger partial charge in [-0.2, -0.15) is 0 Å². The summed E-state index contributed by atoms with van der Waals surface area (Å²) in [5.41, 5.74) is -0.0689. The minimum absolute atomic E-state index is 0. The summed E-state index contributed by atoms with van der Waals surface area (Å²) in [6.07, 6.45) is 4.93. The number of hydrogen-bond donors (Lipinski definition) is 0. The topological polar surface area (TPSA) is 75.5 Å². The predicted molar refractivity (Wildman–Crippen MR) is 84.0 cm³/mol. The smallest absolute Gasteiger partial charge is 0.250 e. The Balaban J connectivity index is 0.00000220. The highest BCUT2D eigenvalue weighted by Crippen LogP contribution is 2.15. The molecule has 0 aromatic carbocycles. The largest absolute Gasteiger partial charge is 0.412 e. The van der Waals surface area contributed by atoms with E-state index in [1.165, 1.54) is 12.1 Å². The monoisotopic (exact) mass is 310 g/mol. The van der Waals surface area contributed by atoms with Crippen LogP contribution < -0.4 is 11.1 Å². The van der Waals surface area contributed by atoms with Gasteiger partial charge in [-0.25, -0.2) is 0 Å². The van der Waals surface area contributed by atoms with E-state index in [1.54, 1.807) is 33.7 Å². The minimum atomic E-state index is -0.0389. The van der Waals surface area contributed by atoms with Gasteiger partial charge < -0.3 is 14.6 Å². The molecule has 0 saturated carbocycles. The Morgan fingerprint density at radius 1 is 0.952 bits per heavy atom. The first-order valence-corrected chi connectivity index (χ1v) is 7.14. The van der Waals surface area contributed by atoms with E-state index in [4.69, 9.17) is 11.6 Å². The van der Waals surface area contributed by atoms with Crippen LogP contribution in [0.2, 0.25) is 0 Å². The third-order valence-corrected chi connectivity index (χ3v) is 3.51. The van der Waals surface area contributed by atoms with Crippen LogP contribution in [0.4, 0.5) is 0 Å². The molecule has 0 bridgehead atoms. The van der Waals surface area contributed by atoms with Gasteiger partial charge in [-0.3, -0.25) is 9.59 Å². The Kier molecular flexibility index (Phi) is 6.91. The quantitative estimate of drug-likeness (QED) is 0.757.